The van der Waals surface area contributed by atoms with Gasteiger partial charge in [-0.15, -0.1) is 11.3 Å². The van der Waals surface area contributed by atoms with Gasteiger partial charge in [0.15, 0.2) is 0 Å². The largest absolute Gasteiger partial charge is 0.351 e. The Morgan fingerprint density at radius 2 is 2.00 bits per heavy atom. The van der Waals surface area contributed by atoms with Crippen molar-refractivity contribution in [1.29, 1.82) is 0 Å². The van der Waals surface area contributed by atoms with E-state index >= 15 is 0 Å². The highest BCUT2D eigenvalue weighted by Crippen LogP contribution is 2.27. The highest BCUT2D eigenvalue weighted by Gasteiger charge is 2.15. The van der Waals surface area contributed by atoms with Gasteiger partial charge in [0.2, 0.25) is 0 Å². The number of nitrogens with zero attached hydrogens (tertiary/aromatic N) is 1. The molecule has 1 aromatic heterocycles. The van der Waals surface area contributed by atoms with Crippen LogP contribution < -0.4 is 10.6 Å². The fourth-order valence-electron chi connectivity index (χ4n) is 1.87. The summed E-state index contributed by atoms with van der Waals surface area (Å²) in [6, 6.07) is 6.12. The van der Waals surface area contributed by atoms with Gasteiger partial charge in [-0.1, -0.05) is 0 Å². The van der Waals surface area contributed by atoms with E-state index in [0.717, 1.165) is 23.5 Å². The molecule has 0 aliphatic heterocycles. The monoisotopic (exact) mass is 307 g/mol. The summed E-state index contributed by atoms with van der Waals surface area (Å²) < 4.78 is 12.9. The van der Waals surface area contributed by atoms with Crippen LogP contribution in [0.2, 0.25) is 0 Å². The number of amides is 1. The van der Waals surface area contributed by atoms with Crippen molar-refractivity contribution in [2.75, 3.05) is 20.1 Å². The normalized spacial score (nSPS) is 10.6. The lowest BCUT2D eigenvalue weighted by Crippen LogP contribution is -2.26. The van der Waals surface area contributed by atoms with E-state index in [-0.39, 0.29) is 11.7 Å². The second kappa shape index (κ2) is 7.28. The molecule has 0 atom stereocenters. The fraction of sp³-hybridized carbons (Fsp3) is 0.333. The van der Waals surface area contributed by atoms with Crippen molar-refractivity contribution in [2.24, 2.45) is 0 Å². The minimum Gasteiger partial charge on any atom is -0.351 e. The van der Waals surface area contributed by atoms with Crippen molar-refractivity contribution in [1.82, 2.24) is 15.6 Å². The van der Waals surface area contributed by atoms with E-state index in [4.69, 9.17) is 0 Å². The maximum absolute atomic E-state index is 12.9. The molecule has 4 nitrogen and oxygen atoms in total. The first-order valence-electron chi connectivity index (χ1n) is 6.78. The van der Waals surface area contributed by atoms with Crippen molar-refractivity contribution >= 4 is 17.2 Å². The van der Waals surface area contributed by atoms with Gasteiger partial charge in [0.05, 0.1) is 5.69 Å². The van der Waals surface area contributed by atoms with Crippen molar-refractivity contribution < 1.29 is 9.18 Å². The molecule has 0 saturated heterocycles. The lowest BCUT2D eigenvalue weighted by Gasteiger charge is -2.03. The molecule has 0 fully saturated rings. The number of rotatable bonds is 6. The average Bonchev–Trinajstić information content (AvgIpc) is 2.86. The molecule has 21 heavy (non-hydrogen) atoms. The molecule has 0 saturated carbocycles. The van der Waals surface area contributed by atoms with Crippen LogP contribution in [-0.4, -0.2) is 31.0 Å². The standard InChI is InChI=1S/C15H18FN3OS/c1-10-13(14(20)18-9-3-8-17-2)21-15(19-10)11-4-6-12(16)7-5-11/h4-7,17H,3,8-9H2,1-2H3,(H,18,20). The third kappa shape index (κ3) is 4.09. The molecule has 6 heteroatoms. The Kier molecular flexibility index (Phi) is 5.41. The molecule has 2 N–H and O–H groups in total. The maximum atomic E-state index is 12.9. The van der Waals surface area contributed by atoms with E-state index < -0.39 is 0 Å². The zero-order chi connectivity index (χ0) is 15.2. The van der Waals surface area contributed by atoms with E-state index in [1.165, 1.54) is 23.5 Å². The molecule has 2 rings (SSSR count). The van der Waals surface area contributed by atoms with Gasteiger partial charge in [0.1, 0.15) is 15.7 Å². The SMILES string of the molecule is CNCCCNC(=O)c1sc(-c2ccc(F)cc2)nc1C. The number of nitrogens with one attached hydrogen (secondary N) is 2. The summed E-state index contributed by atoms with van der Waals surface area (Å²) in [5.74, 6) is -0.385. The quantitative estimate of drug-likeness (QED) is 0.807. The zero-order valence-corrected chi connectivity index (χ0v) is 12.9. The summed E-state index contributed by atoms with van der Waals surface area (Å²) in [5, 5.41) is 6.64. The Balaban J connectivity index is 2.08. The summed E-state index contributed by atoms with van der Waals surface area (Å²) in [6.45, 7) is 3.30. The third-order valence-corrected chi connectivity index (χ3v) is 4.19. The van der Waals surface area contributed by atoms with E-state index in [1.54, 1.807) is 12.1 Å². The second-order valence-electron chi connectivity index (χ2n) is 4.65. The summed E-state index contributed by atoms with van der Waals surface area (Å²) >= 11 is 1.33. The molecule has 0 spiro atoms. The highest BCUT2D eigenvalue weighted by molar-refractivity contribution is 7.17. The van der Waals surface area contributed by atoms with Crippen LogP contribution in [0.15, 0.2) is 24.3 Å². The van der Waals surface area contributed by atoms with Gasteiger partial charge in [0, 0.05) is 12.1 Å². The van der Waals surface area contributed by atoms with E-state index in [0.29, 0.717) is 17.1 Å². The van der Waals surface area contributed by atoms with Crippen molar-refractivity contribution in [3.63, 3.8) is 0 Å². The van der Waals surface area contributed by atoms with Crippen LogP contribution in [0.25, 0.3) is 10.6 Å². The predicted molar refractivity (Wildman–Crippen MR) is 83.1 cm³/mol. The van der Waals surface area contributed by atoms with E-state index in [1.807, 2.05) is 14.0 Å². The summed E-state index contributed by atoms with van der Waals surface area (Å²) in [7, 11) is 1.88. The molecule has 1 heterocycles. The number of hydrogen-bond acceptors (Lipinski definition) is 4. The van der Waals surface area contributed by atoms with Crippen LogP contribution in [0.5, 0.6) is 0 Å². The number of hydrogen-bond donors (Lipinski definition) is 2. The fourth-order valence-corrected chi connectivity index (χ4v) is 2.86. The van der Waals surface area contributed by atoms with Gasteiger partial charge < -0.3 is 10.6 Å². The Bertz CT molecular complexity index is 610. The van der Waals surface area contributed by atoms with Crippen LogP contribution in [-0.2, 0) is 0 Å². The molecule has 2 aromatic rings. The molecular weight excluding hydrogens is 289 g/mol. The van der Waals surface area contributed by atoms with Crippen molar-refractivity contribution in [2.45, 2.75) is 13.3 Å². The minimum absolute atomic E-state index is 0.102. The van der Waals surface area contributed by atoms with Crippen molar-refractivity contribution in [3.05, 3.63) is 40.7 Å². The molecule has 1 aromatic carbocycles. The molecule has 1 amide bonds. The number of thiazole rings is 1. The Morgan fingerprint density at radius 1 is 1.29 bits per heavy atom. The Hall–Kier alpha value is -1.79. The van der Waals surface area contributed by atoms with Crippen molar-refractivity contribution in [3.8, 4) is 10.6 Å². The van der Waals surface area contributed by atoms with Gasteiger partial charge in [-0.3, -0.25) is 4.79 Å². The summed E-state index contributed by atoms with van der Waals surface area (Å²) in [4.78, 5) is 17.1. The summed E-state index contributed by atoms with van der Waals surface area (Å²) in [6.07, 6.45) is 0.880. The number of carbonyl (C=O) groups excluding carboxylic acids is 1. The highest BCUT2D eigenvalue weighted by atomic mass is 32.1. The first-order valence-corrected chi connectivity index (χ1v) is 7.59. The molecular formula is C15H18FN3OS. The van der Waals surface area contributed by atoms with Crippen LogP contribution in [0.3, 0.4) is 0 Å². The smallest absolute Gasteiger partial charge is 0.263 e. The molecule has 0 radical (unpaired) electrons. The van der Waals surface area contributed by atoms with Gasteiger partial charge in [-0.25, -0.2) is 9.37 Å². The van der Waals surface area contributed by atoms with Gasteiger partial charge in [-0.05, 0) is 51.2 Å². The lowest BCUT2D eigenvalue weighted by molar-refractivity contribution is 0.0956. The number of carbonyl (C=O) groups is 1. The topological polar surface area (TPSA) is 54.0 Å². The van der Waals surface area contributed by atoms with E-state index in [9.17, 15) is 9.18 Å². The zero-order valence-electron chi connectivity index (χ0n) is 12.1. The Morgan fingerprint density at radius 3 is 2.67 bits per heavy atom. The van der Waals surface area contributed by atoms with Crippen LogP contribution in [0, 0.1) is 12.7 Å². The number of benzene rings is 1. The minimum atomic E-state index is -0.283. The molecule has 0 unspecified atom stereocenters. The third-order valence-electron chi connectivity index (χ3n) is 2.98. The van der Waals surface area contributed by atoms with Gasteiger partial charge in [-0.2, -0.15) is 0 Å². The van der Waals surface area contributed by atoms with Crippen LogP contribution in [0.1, 0.15) is 21.8 Å². The molecule has 112 valence electrons. The number of halogens is 1. The molecule has 0 aliphatic rings. The second-order valence-corrected chi connectivity index (χ2v) is 5.65. The first-order chi connectivity index (χ1) is 10.1. The molecule has 0 bridgehead atoms. The van der Waals surface area contributed by atoms with Crippen LogP contribution in [0.4, 0.5) is 4.39 Å². The number of aryl methyl sites for hydroxylation is 1. The van der Waals surface area contributed by atoms with Gasteiger partial charge >= 0.3 is 0 Å². The first kappa shape index (κ1) is 15.6. The maximum Gasteiger partial charge on any atom is 0.263 e. The average molecular weight is 307 g/mol. The van der Waals surface area contributed by atoms with Crippen LogP contribution >= 0.6 is 11.3 Å². The van der Waals surface area contributed by atoms with Gasteiger partial charge in [0.25, 0.3) is 5.91 Å². The summed E-state index contributed by atoms with van der Waals surface area (Å²) in [5.41, 5.74) is 1.52. The van der Waals surface area contributed by atoms with E-state index in [2.05, 4.69) is 15.6 Å². The number of aromatic nitrogens is 1. The molecule has 0 aliphatic carbocycles. The predicted octanol–water partition coefficient (Wildman–Crippen LogP) is 2.60. The lowest BCUT2D eigenvalue weighted by atomic mass is 10.2. The Labute approximate surface area is 127 Å².